The van der Waals surface area contributed by atoms with E-state index in [1.54, 1.807) is 7.11 Å². The lowest BCUT2D eigenvalue weighted by atomic mass is 9.86. The molecule has 4 nitrogen and oxygen atoms in total. The molecular formula is C17H27IO4. The van der Waals surface area contributed by atoms with Gasteiger partial charge in [0.2, 0.25) is 0 Å². The monoisotopic (exact) mass is 422 g/mol. The van der Waals surface area contributed by atoms with E-state index in [4.69, 9.17) is 14.2 Å². The van der Waals surface area contributed by atoms with E-state index in [-0.39, 0.29) is 23.9 Å². The smallest absolute Gasteiger partial charge is 0.120 e. The molecule has 0 unspecified atom stereocenters. The fraction of sp³-hybridized carbons (Fsp3) is 0.824. The van der Waals surface area contributed by atoms with Gasteiger partial charge in [-0.1, -0.05) is 36.1 Å². The topological polar surface area (TPSA) is 44.8 Å². The molecule has 0 radical (unpaired) electrons. The Morgan fingerprint density at radius 1 is 1.50 bits per heavy atom. The number of fused-ring (bicyclic) bond motifs is 1. The average molecular weight is 422 g/mol. The molecule has 0 aromatic rings. The highest BCUT2D eigenvalue weighted by Gasteiger charge is 2.52. The summed E-state index contributed by atoms with van der Waals surface area (Å²) in [5, 5.41) is 0. The Kier molecular flexibility index (Phi) is 6.71. The minimum Gasteiger partial charge on any atom is -0.501 e. The van der Waals surface area contributed by atoms with Gasteiger partial charge in [0.1, 0.15) is 11.9 Å². The van der Waals surface area contributed by atoms with Gasteiger partial charge in [-0.3, -0.25) is 0 Å². The van der Waals surface area contributed by atoms with E-state index < -0.39 is 0 Å². The summed E-state index contributed by atoms with van der Waals surface area (Å²) in [6, 6.07) is 0. The maximum Gasteiger partial charge on any atom is 0.120 e. The molecule has 5 heteroatoms. The van der Waals surface area contributed by atoms with Gasteiger partial charge in [0.15, 0.2) is 0 Å². The van der Waals surface area contributed by atoms with E-state index in [9.17, 15) is 4.79 Å². The lowest BCUT2D eigenvalue weighted by Gasteiger charge is -2.41. The zero-order valence-corrected chi connectivity index (χ0v) is 15.7. The standard InChI is InChI=1S/C17H27IO4/c1-12(13(2)20-3)9-14-6-7-16-17(11-18,22-14)10-15(21-16)5-4-8-19/h8,12,14-16H,2,4-7,9-11H2,1,3H3/t12-,14-,15+,16+,17-/m1/s1. The van der Waals surface area contributed by atoms with Crippen molar-refractivity contribution in [1.29, 1.82) is 0 Å². The molecular weight excluding hydrogens is 395 g/mol. The number of rotatable bonds is 8. The van der Waals surface area contributed by atoms with Gasteiger partial charge < -0.3 is 19.0 Å². The SMILES string of the molecule is C=C(OC)[C@H](C)C[C@H]1CC[C@@H]2O[C@@H](CCC=O)C[C@]2(CI)O1. The Balaban J connectivity index is 1.96. The van der Waals surface area contributed by atoms with Crippen molar-refractivity contribution in [1.82, 2.24) is 0 Å². The van der Waals surface area contributed by atoms with Crippen molar-refractivity contribution < 1.29 is 19.0 Å². The van der Waals surface area contributed by atoms with E-state index in [1.165, 1.54) is 0 Å². The highest BCUT2D eigenvalue weighted by atomic mass is 127. The number of allylic oxidation sites excluding steroid dienone is 1. The molecule has 2 rings (SSSR count). The number of carbonyl (C=O) groups is 1. The van der Waals surface area contributed by atoms with Crippen LogP contribution in [-0.2, 0) is 19.0 Å². The van der Waals surface area contributed by atoms with Crippen molar-refractivity contribution in [2.75, 3.05) is 11.5 Å². The summed E-state index contributed by atoms with van der Waals surface area (Å²) >= 11 is 2.41. The Hall–Kier alpha value is -0.140. The van der Waals surface area contributed by atoms with Crippen molar-refractivity contribution in [2.24, 2.45) is 5.92 Å². The van der Waals surface area contributed by atoms with Crippen LogP contribution in [0.3, 0.4) is 0 Å². The predicted molar refractivity (Wildman–Crippen MR) is 94.2 cm³/mol. The van der Waals surface area contributed by atoms with Gasteiger partial charge in [0.05, 0.1) is 31.2 Å². The number of methoxy groups -OCH3 is 1. The zero-order valence-electron chi connectivity index (χ0n) is 13.6. The molecule has 0 aliphatic carbocycles. The summed E-state index contributed by atoms with van der Waals surface area (Å²) in [6.07, 6.45) is 6.84. The minimum atomic E-state index is -0.175. The zero-order chi connectivity index (χ0) is 16.2. The molecule has 2 aliphatic heterocycles. The van der Waals surface area contributed by atoms with E-state index in [0.29, 0.717) is 12.3 Å². The molecule has 2 fully saturated rings. The Bertz CT molecular complexity index is 400. The van der Waals surface area contributed by atoms with Gasteiger partial charge in [-0.25, -0.2) is 0 Å². The molecule has 126 valence electrons. The van der Waals surface area contributed by atoms with Gasteiger partial charge in [-0.15, -0.1) is 0 Å². The maximum atomic E-state index is 10.6. The van der Waals surface area contributed by atoms with Crippen LogP contribution in [-0.4, -0.2) is 41.7 Å². The molecule has 0 aromatic heterocycles. The molecule has 0 spiro atoms. The van der Waals surface area contributed by atoms with E-state index in [1.807, 2.05) is 0 Å². The third kappa shape index (κ3) is 4.03. The molecule has 5 atom stereocenters. The van der Waals surface area contributed by atoms with Crippen LogP contribution in [0.15, 0.2) is 12.3 Å². The highest BCUT2D eigenvalue weighted by molar-refractivity contribution is 14.1. The van der Waals surface area contributed by atoms with E-state index in [0.717, 1.165) is 48.6 Å². The minimum absolute atomic E-state index is 0.162. The number of halogens is 1. The summed E-state index contributed by atoms with van der Waals surface area (Å²) in [5.41, 5.74) is -0.175. The van der Waals surface area contributed by atoms with Crippen molar-refractivity contribution in [3.05, 3.63) is 12.3 Å². The van der Waals surface area contributed by atoms with Crippen LogP contribution in [0.4, 0.5) is 0 Å². The number of hydrogen-bond donors (Lipinski definition) is 0. The second-order valence-corrected chi connectivity index (χ2v) is 7.28. The van der Waals surface area contributed by atoms with Crippen molar-refractivity contribution >= 4 is 28.9 Å². The second kappa shape index (κ2) is 8.11. The normalized spacial score (nSPS) is 35.7. The van der Waals surface area contributed by atoms with Gasteiger partial charge >= 0.3 is 0 Å². The van der Waals surface area contributed by atoms with Crippen LogP contribution in [0.1, 0.15) is 45.4 Å². The van der Waals surface area contributed by atoms with Gasteiger partial charge in [0, 0.05) is 23.2 Å². The highest BCUT2D eigenvalue weighted by Crippen LogP contribution is 2.45. The Labute approximate surface area is 147 Å². The van der Waals surface area contributed by atoms with Crippen molar-refractivity contribution in [3.8, 4) is 0 Å². The predicted octanol–water partition coefficient (Wildman–Crippen LogP) is 3.66. The molecule has 0 bridgehead atoms. The number of hydrogen-bond acceptors (Lipinski definition) is 4. The first kappa shape index (κ1) is 18.2. The number of ether oxygens (including phenoxy) is 3. The van der Waals surface area contributed by atoms with Crippen LogP contribution in [0.5, 0.6) is 0 Å². The van der Waals surface area contributed by atoms with Crippen molar-refractivity contribution in [2.45, 2.75) is 69.4 Å². The van der Waals surface area contributed by atoms with Crippen LogP contribution in [0.2, 0.25) is 0 Å². The first-order chi connectivity index (χ1) is 10.5. The summed E-state index contributed by atoms with van der Waals surface area (Å²) in [5.74, 6) is 1.12. The number of aldehydes is 1. The first-order valence-corrected chi connectivity index (χ1v) is 9.63. The molecule has 0 aromatic carbocycles. The number of carbonyl (C=O) groups excluding carboxylic acids is 1. The molecule has 0 amide bonds. The summed E-state index contributed by atoms with van der Waals surface area (Å²) < 4.78 is 18.8. The molecule has 22 heavy (non-hydrogen) atoms. The van der Waals surface area contributed by atoms with E-state index in [2.05, 4.69) is 36.1 Å². The first-order valence-electron chi connectivity index (χ1n) is 8.10. The Morgan fingerprint density at radius 3 is 2.91 bits per heavy atom. The van der Waals surface area contributed by atoms with Crippen LogP contribution in [0.25, 0.3) is 0 Å². The second-order valence-electron chi connectivity index (χ2n) is 6.52. The lowest BCUT2D eigenvalue weighted by molar-refractivity contribution is -0.156. The van der Waals surface area contributed by atoms with Gasteiger partial charge in [-0.2, -0.15) is 0 Å². The van der Waals surface area contributed by atoms with Gasteiger partial charge in [-0.05, 0) is 25.7 Å². The summed E-state index contributed by atoms with van der Waals surface area (Å²) in [4.78, 5) is 10.6. The molecule has 0 saturated carbocycles. The third-order valence-electron chi connectivity index (χ3n) is 4.93. The summed E-state index contributed by atoms with van der Waals surface area (Å²) in [6.45, 7) is 6.09. The van der Waals surface area contributed by atoms with Crippen LogP contribution < -0.4 is 0 Å². The largest absolute Gasteiger partial charge is 0.501 e. The number of alkyl halides is 1. The van der Waals surface area contributed by atoms with E-state index >= 15 is 0 Å². The average Bonchev–Trinajstić information content (AvgIpc) is 2.90. The maximum absolute atomic E-state index is 10.6. The molecule has 2 heterocycles. The third-order valence-corrected chi connectivity index (χ3v) is 6.22. The summed E-state index contributed by atoms with van der Waals surface area (Å²) in [7, 11) is 1.67. The fourth-order valence-corrected chi connectivity index (χ4v) is 4.58. The molecule has 2 aliphatic rings. The van der Waals surface area contributed by atoms with Crippen LogP contribution in [0, 0.1) is 5.92 Å². The lowest BCUT2D eigenvalue weighted by Crippen LogP contribution is -2.50. The molecule has 0 N–H and O–H groups in total. The molecule has 2 saturated heterocycles. The Morgan fingerprint density at radius 2 is 2.27 bits per heavy atom. The van der Waals surface area contributed by atoms with Crippen LogP contribution >= 0.6 is 22.6 Å². The fourth-order valence-electron chi connectivity index (χ4n) is 3.59. The van der Waals surface area contributed by atoms with Gasteiger partial charge in [0.25, 0.3) is 0 Å². The quantitative estimate of drug-likeness (QED) is 0.259. The van der Waals surface area contributed by atoms with Crippen molar-refractivity contribution in [3.63, 3.8) is 0 Å².